The minimum absolute atomic E-state index is 0.454. The fraction of sp³-hybridized carbons (Fsp3) is 0. The summed E-state index contributed by atoms with van der Waals surface area (Å²) in [5.41, 5.74) is 20.9. The van der Waals surface area contributed by atoms with E-state index >= 15 is 0 Å². The van der Waals surface area contributed by atoms with Crippen LogP contribution in [0.4, 0.5) is 0 Å². The van der Waals surface area contributed by atoms with Crippen LogP contribution < -0.4 is 0 Å². The summed E-state index contributed by atoms with van der Waals surface area (Å²) in [6, 6.07) is 124. The number of hydrogen-bond donors (Lipinski definition) is 0. The summed E-state index contributed by atoms with van der Waals surface area (Å²) in [5.74, 6) is 1.51. The maximum atomic E-state index is 12.7. The van der Waals surface area contributed by atoms with Gasteiger partial charge in [0.25, 0.3) is 0 Å². The zero-order chi connectivity index (χ0) is 68.3. The molecule has 22 aromatic rings. The van der Waals surface area contributed by atoms with Gasteiger partial charge in [-0.15, -0.1) is 0 Å². The van der Waals surface area contributed by atoms with Crippen molar-refractivity contribution in [2.45, 2.75) is 0 Å². The molecule has 0 fully saturated rings. The molecule has 0 amide bonds. The molecule has 0 atom stereocenters. The summed E-state index contributed by atoms with van der Waals surface area (Å²) in [7, 11) is 0. The second-order valence-electron chi connectivity index (χ2n) is 27.0. The Hall–Kier alpha value is -14.4. The van der Waals surface area contributed by atoms with Gasteiger partial charge < -0.3 is 27.4 Å². The van der Waals surface area contributed by atoms with E-state index in [4.69, 9.17) is 15.0 Å². The van der Waals surface area contributed by atoms with Crippen molar-refractivity contribution in [1.29, 1.82) is 5.26 Å². The smallest absolute Gasteiger partial charge is 0.164 e. The van der Waals surface area contributed by atoms with Crippen LogP contribution in [0.25, 0.3) is 199 Å². The van der Waals surface area contributed by atoms with Gasteiger partial charge in [-0.3, -0.25) is 0 Å². The fourth-order valence-corrected chi connectivity index (χ4v) is 17.0. The molecule has 7 heterocycles. The topological polar surface area (TPSA) is 92.0 Å². The SMILES string of the molecule is N#Cc1c(-n2c3ccc(-n4c5ccccc5c5ccccc54)cc3c3cc(-n4c5ccccc5c5ccccc54)ccc32)cc(-c2nc(-c3ccccc3)nc(-c3ccccc3)n2)cc1-n1c2ccc(-n3c4ccccc4c4ccccc43)cc2c2cc(-n3c4ccccc4c4ccccc43)ccc21. The minimum atomic E-state index is 0.454. The third-order valence-electron chi connectivity index (χ3n) is 21.5. The molecule has 15 aromatic carbocycles. The van der Waals surface area contributed by atoms with Crippen LogP contribution in [0.3, 0.4) is 0 Å². The molecule has 482 valence electrons. The van der Waals surface area contributed by atoms with Crippen LogP contribution >= 0.6 is 0 Å². The third kappa shape index (κ3) is 8.40. The van der Waals surface area contributed by atoms with Gasteiger partial charge in [0.2, 0.25) is 0 Å². The standard InChI is InChI=1S/C94H56N10/c95-57-77-90(103-86-47-43-61(99-78-35-15-7-27-65(78)66-28-8-16-36-79(66)99)53-73(86)74-54-62(44-48-87(74)103)100-80-37-17-9-29-67(80)68-30-10-18-38-81(68)100)51-60(94-97-92(58-23-3-1-4-24-58)96-93(98-94)59-25-5-2-6-26-59)52-91(77)104-88-49-45-63(101-82-39-19-11-31-69(82)70-32-12-20-40-83(70)101)55-75(88)76-56-64(46-50-89(76)104)102-84-41-21-13-33-71(84)72-34-14-22-42-85(72)102/h1-56H. The predicted molar refractivity (Wildman–Crippen MR) is 427 cm³/mol. The number of nitriles is 1. The van der Waals surface area contributed by atoms with Crippen molar-refractivity contribution in [3.8, 4) is 74.4 Å². The normalized spacial score (nSPS) is 12.0. The van der Waals surface area contributed by atoms with Gasteiger partial charge in [0, 0.05) is 104 Å². The summed E-state index contributed by atoms with van der Waals surface area (Å²) in [4.78, 5) is 16.2. The minimum Gasteiger partial charge on any atom is -0.309 e. The van der Waals surface area contributed by atoms with E-state index < -0.39 is 0 Å². The van der Waals surface area contributed by atoms with E-state index in [9.17, 15) is 5.26 Å². The molecule has 0 spiro atoms. The number of benzene rings is 15. The van der Waals surface area contributed by atoms with Gasteiger partial charge >= 0.3 is 0 Å². The fourth-order valence-electron chi connectivity index (χ4n) is 17.0. The van der Waals surface area contributed by atoms with E-state index in [1.165, 1.54) is 43.1 Å². The maximum Gasteiger partial charge on any atom is 0.164 e. The highest BCUT2D eigenvalue weighted by molar-refractivity contribution is 6.17. The Morgan fingerprint density at radius 3 is 0.644 bits per heavy atom. The Kier molecular flexibility index (Phi) is 12.3. The Morgan fingerprint density at radius 2 is 0.404 bits per heavy atom. The number of fused-ring (bicyclic) bond motifs is 18. The molecule has 10 nitrogen and oxygen atoms in total. The summed E-state index contributed by atoms with van der Waals surface area (Å²) < 4.78 is 14.2. The number of hydrogen-bond acceptors (Lipinski definition) is 4. The number of rotatable bonds is 9. The van der Waals surface area contributed by atoms with Crippen LogP contribution in [-0.4, -0.2) is 42.4 Å². The van der Waals surface area contributed by atoms with Crippen LogP contribution in [0.5, 0.6) is 0 Å². The van der Waals surface area contributed by atoms with Crippen LogP contribution in [0.15, 0.2) is 340 Å². The van der Waals surface area contributed by atoms with Gasteiger partial charge in [0.15, 0.2) is 17.5 Å². The number of nitrogens with zero attached hydrogens (tertiary/aromatic N) is 10. The van der Waals surface area contributed by atoms with E-state index in [0.29, 0.717) is 40.0 Å². The van der Waals surface area contributed by atoms with E-state index in [1.54, 1.807) is 0 Å². The monoisotopic (exact) mass is 1320 g/mol. The lowest BCUT2D eigenvalue weighted by atomic mass is 10.0. The molecular weight excluding hydrogens is 1270 g/mol. The summed E-state index contributed by atoms with van der Waals surface area (Å²) >= 11 is 0. The molecule has 0 aliphatic heterocycles. The van der Waals surface area contributed by atoms with Crippen molar-refractivity contribution in [1.82, 2.24) is 42.4 Å². The van der Waals surface area contributed by atoms with Gasteiger partial charge in [-0.1, -0.05) is 206 Å². The van der Waals surface area contributed by atoms with Crippen molar-refractivity contribution in [3.05, 3.63) is 345 Å². The molecule has 7 aromatic heterocycles. The molecule has 0 aliphatic carbocycles. The Bertz CT molecular complexity index is 6450. The highest BCUT2D eigenvalue weighted by atomic mass is 15.1. The molecule has 0 saturated carbocycles. The third-order valence-corrected chi connectivity index (χ3v) is 21.5. The highest BCUT2D eigenvalue weighted by Crippen LogP contribution is 2.46. The second-order valence-corrected chi connectivity index (χ2v) is 27.0. The first-order valence-corrected chi connectivity index (χ1v) is 35.1. The van der Waals surface area contributed by atoms with Crippen LogP contribution in [0.2, 0.25) is 0 Å². The van der Waals surface area contributed by atoms with Crippen LogP contribution in [0, 0.1) is 11.3 Å². The van der Waals surface area contributed by atoms with Gasteiger partial charge in [-0.05, 0) is 133 Å². The average molecular weight is 1330 g/mol. The first-order chi connectivity index (χ1) is 51.6. The molecule has 0 unspecified atom stereocenters. The summed E-state index contributed by atoms with van der Waals surface area (Å²) in [5, 5.41) is 26.2. The Morgan fingerprint density at radius 1 is 0.192 bits per heavy atom. The van der Waals surface area contributed by atoms with Crippen molar-refractivity contribution < 1.29 is 0 Å². The van der Waals surface area contributed by atoms with E-state index in [-0.39, 0.29) is 0 Å². The molecule has 0 aliphatic rings. The first kappa shape index (κ1) is 57.5. The molecular formula is C94H56N10. The molecule has 0 saturated heterocycles. The summed E-state index contributed by atoms with van der Waals surface area (Å²) in [6.07, 6.45) is 0. The van der Waals surface area contributed by atoms with Gasteiger partial charge in [0.05, 0.1) is 77.6 Å². The van der Waals surface area contributed by atoms with Crippen LogP contribution in [0.1, 0.15) is 5.56 Å². The molecule has 0 N–H and O–H groups in total. The van der Waals surface area contributed by atoms with E-state index in [1.807, 2.05) is 60.7 Å². The van der Waals surface area contributed by atoms with Crippen molar-refractivity contribution >= 4 is 131 Å². The van der Waals surface area contributed by atoms with Gasteiger partial charge in [-0.2, -0.15) is 5.26 Å². The lowest BCUT2D eigenvalue weighted by molar-refractivity contribution is 1.06. The first-order valence-electron chi connectivity index (χ1n) is 35.1. The van der Waals surface area contributed by atoms with Crippen molar-refractivity contribution in [2.24, 2.45) is 0 Å². The molecule has 22 rings (SSSR count). The van der Waals surface area contributed by atoms with Crippen molar-refractivity contribution in [2.75, 3.05) is 0 Å². The molecule has 0 radical (unpaired) electrons. The van der Waals surface area contributed by atoms with Crippen molar-refractivity contribution in [3.63, 3.8) is 0 Å². The maximum absolute atomic E-state index is 12.7. The molecule has 0 bridgehead atoms. The highest BCUT2D eigenvalue weighted by Gasteiger charge is 2.28. The quantitative estimate of drug-likeness (QED) is 0.144. The molecule has 104 heavy (non-hydrogen) atoms. The van der Waals surface area contributed by atoms with Gasteiger partial charge in [-0.25, -0.2) is 15.0 Å². The number of aromatic nitrogens is 9. The van der Waals surface area contributed by atoms with Gasteiger partial charge in [0.1, 0.15) is 11.6 Å². The van der Waals surface area contributed by atoms with E-state index in [0.717, 1.165) is 122 Å². The largest absolute Gasteiger partial charge is 0.309 e. The lowest BCUT2D eigenvalue weighted by Gasteiger charge is -2.19. The predicted octanol–water partition coefficient (Wildman–Crippen LogP) is 23.3. The molecule has 10 heteroatoms. The zero-order valence-corrected chi connectivity index (χ0v) is 55.8. The lowest BCUT2D eigenvalue weighted by Crippen LogP contribution is -2.07. The average Bonchev–Trinajstić information content (AvgIpc) is 1.55. The Balaban J connectivity index is 0.868. The zero-order valence-electron chi connectivity index (χ0n) is 55.8. The second kappa shape index (κ2) is 22.3. The summed E-state index contributed by atoms with van der Waals surface area (Å²) in [6.45, 7) is 0. The Labute approximate surface area is 594 Å². The van der Waals surface area contributed by atoms with E-state index in [2.05, 4.69) is 313 Å². The number of para-hydroxylation sites is 8. The van der Waals surface area contributed by atoms with Crippen LogP contribution in [-0.2, 0) is 0 Å².